The number of anilines is 1. The number of pyridine rings is 1. The minimum atomic E-state index is -0.541. The molecule has 4 rings (SSSR count). The van der Waals surface area contributed by atoms with Gasteiger partial charge in [0.15, 0.2) is 0 Å². The van der Waals surface area contributed by atoms with Crippen molar-refractivity contribution < 1.29 is 9.90 Å². The van der Waals surface area contributed by atoms with Crippen molar-refractivity contribution >= 4 is 50.3 Å². The normalized spacial score (nSPS) is 15.4. The molecule has 3 aromatic rings. The number of nitrogens with one attached hydrogen (secondary N) is 1. The number of aromatic nitrogens is 1. The van der Waals surface area contributed by atoms with Crippen molar-refractivity contribution in [1.29, 1.82) is 0 Å². The number of rotatable bonds is 4. The number of halogens is 1. The summed E-state index contributed by atoms with van der Waals surface area (Å²) < 4.78 is 0.782. The molecular formula is C22H23BrN6O3. The predicted molar refractivity (Wildman–Crippen MR) is 129 cm³/mol. The van der Waals surface area contributed by atoms with Crippen molar-refractivity contribution in [3.8, 4) is 5.88 Å². The van der Waals surface area contributed by atoms with Crippen molar-refractivity contribution in [3.05, 3.63) is 62.9 Å². The van der Waals surface area contributed by atoms with E-state index in [0.29, 0.717) is 40.8 Å². The Morgan fingerprint density at radius 1 is 1.16 bits per heavy atom. The second kappa shape index (κ2) is 9.11. The summed E-state index contributed by atoms with van der Waals surface area (Å²) in [5, 5.41) is 14.7. The molecule has 166 valence electrons. The summed E-state index contributed by atoms with van der Waals surface area (Å²) in [5.41, 5.74) is 6.94. The molecule has 2 amide bonds. The minimum Gasteiger partial charge on any atom is -0.494 e. The summed E-state index contributed by atoms with van der Waals surface area (Å²) in [5.74, 6) is -0.254. The molecule has 0 bridgehead atoms. The van der Waals surface area contributed by atoms with Crippen molar-refractivity contribution in [2.75, 3.05) is 38.2 Å². The van der Waals surface area contributed by atoms with Crippen LogP contribution in [0.3, 0.4) is 0 Å². The van der Waals surface area contributed by atoms with Crippen LogP contribution in [-0.2, 0) is 0 Å². The predicted octanol–water partition coefficient (Wildman–Crippen LogP) is 2.79. The number of aliphatic imine (C=N–C) groups is 1. The van der Waals surface area contributed by atoms with E-state index in [0.717, 1.165) is 17.6 Å². The van der Waals surface area contributed by atoms with Gasteiger partial charge in [-0.15, -0.1) is 0 Å². The number of likely N-dealkylation sites (N-methyl/N-ethyl adjacent to an activating group) is 1. The van der Waals surface area contributed by atoms with Gasteiger partial charge in [-0.1, -0.05) is 15.9 Å². The Morgan fingerprint density at radius 2 is 1.84 bits per heavy atom. The zero-order chi connectivity index (χ0) is 22.8. The third-order valence-electron chi connectivity index (χ3n) is 5.41. The molecule has 0 atom stereocenters. The number of carbonyl (C=O) groups excluding carboxylic acids is 1. The maximum absolute atomic E-state index is 12.1. The maximum atomic E-state index is 12.1. The first kappa shape index (κ1) is 22.0. The number of aromatic hydroxyl groups is 1. The highest BCUT2D eigenvalue weighted by Gasteiger charge is 2.24. The van der Waals surface area contributed by atoms with Gasteiger partial charge in [0.05, 0.1) is 16.9 Å². The van der Waals surface area contributed by atoms with Crippen LogP contribution in [0.25, 0.3) is 10.8 Å². The lowest BCUT2D eigenvalue weighted by atomic mass is 10.1. The molecule has 2 aromatic carbocycles. The number of carbonyl (C=O) groups is 1. The van der Waals surface area contributed by atoms with Crippen LogP contribution in [0.4, 0.5) is 16.2 Å². The minimum absolute atomic E-state index is 0.254. The second-order valence-electron chi connectivity index (χ2n) is 7.59. The lowest BCUT2D eigenvalue weighted by Gasteiger charge is -2.39. The number of amides is 2. The van der Waals surface area contributed by atoms with Crippen LogP contribution in [0.5, 0.6) is 5.88 Å². The second-order valence-corrected chi connectivity index (χ2v) is 8.50. The van der Waals surface area contributed by atoms with E-state index in [1.165, 1.54) is 11.2 Å². The smallest absolute Gasteiger partial charge is 0.334 e. The highest BCUT2D eigenvalue weighted by molar-refractivity contribution is 9.10. The lowest BCUT2D eigenvalue weighted by molar-refractivity contribution is 0.145. The number of hydrazine groups is 1. The fourth-order valence-corrected chi connectivity index (χ4v) is 4.04. The molecule has 1 saturated heterocycles. The number of primary amides is 1. The fraction of sp³-hybridized carbons (Fsp3) is 0.227. The van der Waals surface area contributed by atoms with Crippen LogP contribution in [-0.4, -0.2) is 65.5 Å². The maximum Gasteiger partial charge on any atom is 0.334 e. The zero-order valence-electron chi connectivity index (χ0n) is 17.5. The van der Waals surface area contributed by atoms with Crippen LogP contribution in [0, 0.1) is 0 Å². The monoisotopic (exact) mass is 498 g/mol. The number of fused-ring (bicyclic) bond motifs is 1. The van der Waals surface area contributed by atoms with Crippen LogP contribution < -0.4 is 16.3 Å². The lowest BCUT2D eigenvalue weighted by Crippen LogP contribution is -2.56. The molecule has 10 heteroatoms. The molecule has 1 aliphatic rings. The van der Waals surface area contributed by atoms with E-state index in [-0.39, 0.29) is 11.4 Å². The number of piperazine rings is 1. The Labute approximate surface area is 192 Å². The van der Waals surface area contributed by atoms with E-state index in [4.69, 9.17) is 5.73 Å². The average Bonchev–Trinajstić information content (AvgIpc) is 2.75. The highest BCUT2D eigenvalue weighted by Crippen LogP contribution is 2.26. The van der Waals surface area contributed by atoms with Gasteiger partial charge in [-0.2, -0.15) is 0 Å². The Kier molecular flexibility index (Phi) is 6.26. The van der Waals surface area contributed by atoms with E-state index in [1.807, 2.05) is 12.1 Å². The molecule has 32 heavy (non-hydrogen) atoms. The summed E-state index contributed by atoms with van der Waals surface area (Å²) in [4.78, 5) is 33.3. The summed E-state index contributed by atoms with van der Waals surface area (Å²) in [6, 6.07) is 11.7. The van der Waals surface area contributed by atoms with Gasteiger partial charge in [-0.3, -0.25) is 14.8 Å². The van der Waals surface area contributed by atoms with Crippen LogP contribution in [0.15, 0.2) is 56.7 Å². The Morgan fingerprint density at radius 3 is 2.50 bits per heavy atom. The zero-order valence-corrected chi connectivity index (χ0v) is 19.0. The number of aromatic amines is 1. The average molecular weight is 499 g/mol. The van der Waals surface area contributed by atoms with Crippen molar-refractivity contribution in [3.63, 3.8) is 0 Å². The number of H-pyrrole nitrogens is 1. The Bertz CT molecular complexity index is 1230. The van der Waals surface area contributed by atoms with Crippen LogP contribution in [0.2, 0.25) is 0 Å². The number of urea groups is 1. The molecule has 0 unspecified atom stereocenters. The summed E-state index contributed by atoms with van der Waals surface area (Å²) >= 11 is 3.39. The standard InChI is InChI=1S/C22H23BrN6O3/c1-27-8-10-28(11-9-27)29(22(24)32)16-5-3-15(4-6-16)25-13-19-18-12-14(23)2-7-17(18)20(30)26-21(19)31/h2-7,12-13H,8-11H2,1H3,(H2,24,32)(H2,26,30,31). The third-order valence-corrected chi connectivity index (χ3v) is 5.90. The molecular weight excluding hydrogens is 476 g/mol. The van der Waals surface area contributed by atoms with Gasteiger partial charge >= 0.3 is 6.03 Å². The largest absolute Gasteiger partial charge is 0.494 e. The molecule has 0 aliphatic carbocycles. The summed E-state index contributed by atoms with van der Waals surface area (Å²) in [6.45, 7) is 3.10. The quantitative estimate of drug-likeness (QED) is 0.478. The SMILES string of the molecule is CN1CCN(N(C(N)=O)c2ccc(N=Cc3c(O)[nH]c(=O)c4ccc(Br)cc34)cc2)CC1. The molecule has 9 nitrogen and oxygen atoms in total. The Hall–Kier alpha value is -3.21. The topological polar surface area (TPSA) is 118 Å². The first-order valence-electron chi connectivity index (χ1n) is 10.0. The molecule has 1 aromatic heterocycles. The first-order valence-corrected chi connectivity index (χ1v) is 10.8. The van der Waals surface area contributed by atoms with E-state index >= 15 is 0 Å². The number of hydrogen-bond acceptors (Lipinski definition) is 6. The van der Waals surface area contributed by atoms with Crippen molar-refractivity contribution in [1.82, 2.24) is 14.9 Å². The fourth-order valence-electron chi connectivity index (χ4n) is 3.68. The molecule has 2 heterocycles. The van der Waals surface area contributed by atoms with Gasteiger partial charge in [0.1, 0.15) is 0 Å². The van der Waals surface area contributed by atoms with Gasteiger partial charge in [-0.25, -0.2) is 14.8 Å². The molecule has 0 radical (unpaired) electrons. The van der Waals surface area contributed by atoms with E-state index < -0.39 is 6.03 Å². The third kappa shape index (κ3) is 4.52. The summed E-state index contributed by atoms with van der Waals surface area (Å²) in [7, 11) is 2.04. The first-order chi connectivity index (χ1) is 15.3. The van der Waals surface area contributed by atoms with Gasteiger partial charge in [-0.05, 0) is 49.5 Å². The number of nitrogens with two attached hydrogens (primary N) is 1. The van der Waals surface area contributed by atoms with Crippen molar-refractivity contribution in [2.24, 2.45) is 10.7 Å². The van der Waals surface area contributed by atoms with E-state index in [1.54, 1.807) is 42.5 Å². The van der Waals surface area contributed by atoms with Gasteiger partial charge in [0.25, 0.3) is 5.56 Å². The van der Waals surface area contributed by atoms with Crippen molar-refractivity contribution in [2.45, 2.75) is 0 Å². The van der Waals surface area contributed by atoms with Crippen LogP contribution >= 0.6 is 15.9 Å². The molecule has 1 fully saturated rings. The molecule has 1 aliphatic heterocycles. The van der Waals surface area contributed by atoms with E-state index in [9.17, 15) is 14.7 Å². The van der Waals surface area contributed by atoms with Gasteiger partial charge in [0, 0.05) is 47.6 Å². The molecule has 0 spiro atoms. The van der Waals surface area contributed by atoms with Crippen LogP contribution in [0.1, 0.15) is 5.56 Å². The highest BCUT2D eigenvalue weighted by atomic mass is 79.9. The number of benzene rings is 2. The number of hydrogen-bond donors (Lipinski definition) is 3. The summed E-state index contributed by atoms with van der Waals surface area (Å²) in [6.07, 6.45) is 1.50. The molecule has 0 saturated carbocycles. The Balaban J connectivity index is 1.61. The van der Waals surface area contributed by atoms with Gasteiger partial charge < -0.3 is 15.7 Å². The van der Waals surface area contributed by atoms with E-state index in [2.05, 4.69) is 30.8 Å². The molecule has 4 N–H and O–H groups in total. The number of nitrogens with zero attached hydrogens (tertiary/aromatic N) is 4. The van der Waals surface area contributed by atoms with Gasteiger partial charge in [0.2, 0.25) is 5.88 Å².